The lowest BCUT2D eigenvalue weighted by atomic mass is 10.00. The van der Waals surface area contributed by atoms with Crippen LogP contribution in [0.2, 0.25) is 0 Å². The summed E-state index contributed by atoms with van der Waals surface area (Å²) in [6.45, 7) is -3.61. The summed E-state index contributed by atoms with van der Waals surface area (Å²) >= 11 is 0. The van der Waals surface area contributed by atoms with Gasteiger partial charge in [0.25, 0.3) is 0 Å². The third-order valence-electron chi connectivity index (χ3n) is 13.8. The number of nitrogens with one attached hydrogen (secondary N) is 1. The number of carbonyl (C=O) groups excluding carboxylic acids is 3. The zero-order valence-corrected chi connectivity index (χ0v) is 41.5. The van der Waals surface area contributed by atoms with E-state index in [1.54, 1.807) is 52.2 Å². The fourth-order valence-corrected chi connectivity index (χ4v) is 9.62. The van der Waals surface area contributed by atoms with Crippen molar-refractivity contribution >= 4 is 29.0 Å². The number of benzene rings is 2. The van der Waals surface area contributed by atoms with Gasteiger partial charge in [0, 0.05) is 61.1 Å². The molecule has 4 aromatic heterocycles. The summed E-state index contributed by atoms with van der Waals surface area (Å²) in [5.74, 6) is 1.31. The summed E-state index contributed by atoms with van der Waals surface area (Å²) in [5.41, 5.74) is 3.61. The lowest BCUT2D eigenvalue weighted by molar-refractivity contribution is -0.0509. The van der Waals surface area contributed by atoms with Crippen LogP contribution in [0.15, 0.2) is 73.3 Å². The maximum absolute atomic E-state index is 13.3. The van der Waals surface area contributed by atoms with Crippen molar-refractivity contribution < 1.29 is 65.1 Å². The Morgan fingerprint density at radius 2 is 1.14 bits per heavy atom. The number of Topliss-reactive ketones (excluding diaryl/α,β-unsaturated/α-hetero) is 2. The van der Waals surface area contributed by atoms with Gasteiger partial charge < -0.3 is 43.4 Å². The summed E-state index contributed by atoms with van der Waals surface area (Å²) in [5, 5.41) is 3.46. The molecule has 0 spiro atoms. The number of piperidine rings is 2. The summed E-state index contributed by atoms with van der Waals surface area (Å²) in [7, 11) is 4.18. The highest BCUT2D eigenvalue weighted by Gasteiger charge is 2.32. The molecule has 6 aromatic rings. The minimum absolute atomic E-state index is 0.0293. The zero-order chi connectivity index (χ0) is 51.9. The van der Waals surface area contributed by atoms with Gasteiger partial charge in [-0.25, -0.2) is 14.8 Å². The highest BCUT2D eigenvalue weighted by molar-refractivity contribution is 6.03. The summed E-state index contributed by atoms with van der Waals surface area (Å²) in [4.78, 5) is 48.5. The average molecular weight is 1030 g/mol. The number of rotatable bonds is 20. The number of amides is 1. The number of fused-ring (bicyclic) bond motifs is 2. The van der Waals surface area contributed by atoms with Crippen LogP contribution in [0.25, 0.3) is 33.8 Å². The molecule has 2 aliphatic heterocycles. The number of methoxy groups -OCH3 is 3. The molecule has 74 heavy (non-hydrogen) atoms. The van der Waals surface area contributed by atoms with Gasteiger partial charge in [-0.05, 0) is 113 Å². The van der Waals surface area contributed by atoms with Gasteiger partial charge >= 0.3 is 19.3 Å². The Kier molecular flexibility index (Phi) is 16.4. The second kappa shape index (κ2) is 23.4. The number of ketones is 2. The molecule has 4 fully saturated rings. The molecule has 2 aliphatic carbocycles. The van der Waals surface area contributed by atoms with Crippen molar-refractivity contribution in [2.75, 3.05) is 47.6 Å². The zero-order valence-electron chi connectivity index (χ0n) is 41.5. The van der Waals surface area contributed by atoms with Crippen molar-refractivity contribution in [3.8, 4) is 57.0 Å². The summed E-state index contributed by atoms with van der Waals surface area (Å²) in [6.07, 6.45) is 17.2. The number of hydrogen-bond acceptors (Lipinski definition) is 13. The number of likely N-dealkylation sites (tertiary alicyclic amines) is 1. The topological polar surface area (TPSA) is 166 Å². The predicted molar refractivity (Wildman–Crippen MR) is 264 cm³/mol. The third-order valence-corrected chi connectivity index (χ3v) is 13.8. The first kappa shape index (κ1) is 51.8. The molecule has 0 bridgehead atoms. The molecule has 10 rings (SSSR count). The van der Waals surface area contributed by atoms with Crippen molar-refractivity contribution in [2.24, 2.45) is 11.8 Å². The first-order valence-electron chi connectivity index (χ1n) is 25.1. The van der Waals surface area contributed by atoms with Crippen molar-refractivity contribution in [3.63, 3.8) is 0 Å². The number of imidazole rings is 2. The Balaban J connectivity index is 0.000000183. The van der Waals surface area contributed by atoms with E-state index >= 15 is 0 Å². The number of pyridine rings is 2. The molecule has 1 amide bonds. The molecule has 2 unspecified atom stereocenters. The highest BCUT2D eigenvalue weighted by Crippen LogP contribution is 2.42. The van der Waals surface area contributed by atoms with Crippen LogP contribution in [0.5, 0.6) is 34.5 Å². The van der Waals surface area contributed by atoms with Crippen molar-refractivity contribution in [1.82, 2.24) is 29.0 Å². The van der Waals surface area contributed by atoms with Crippen molar-refractivity contribution in [2.45, 2.75) is 102 Å². The molecule has 394 valence electrons. The van der Waals surface area contributed by atoms with Gasteiger partial charge in [0.05, 0.1) is 51.2 Å². The van der Waals surface area contributed by atoms with E-state index in [1.807, 2.05) is 22.7 Å². The molecule has 6 heterocycles. The molecule has 2 saturated heterocycles. The number of ether oxygens (including phenoxy) is 7. The monoisotopic (exact) mass is 1030 g/mol. The van der Waals surface area contributed by atoms with Crippen LogP contribution in [-0.2, 0) is 4.74 Å². The number of nitrogens with zero attached hydrogens (tertiary/aromatic N) is 5. The largest absolute Gasteiger partial charge is 0.496 e. The van der Waals surface area contributed by atoms with E-state index in [4.69, 9.17) is 33.2 Å². The molecule has 1 N–H and O–H groups in total. The van der Waals surface area contributed by atoms with Gasteiger partial charge in [0.15, 0.2) is 11.6 Å². The van der Waals surface area contributed by atoms with E-state index in [1.165, 1.54) is 46.3 Å². The van der Waals surface area contributed by atoms with Gasteiger partial charge in [0.2, 0.25) is 0 Å². The number of carbonyl (C=O) groups is 3. The first-order chi connectivity index (χ1) is 35.9. The molecule has 2 aromatic carbocycles. The Bertz CT molecular complexity index is 2950. The van der Waals surface area contributed by atoms with E-state index < -0.39 is 13.2 Å². The Hall–Kier alpha value is -7.09. The Labute approximate surface area is 425 Å². The highest BCUT2D eigenvalue weighted by atomic mass is 19.3. The molecule has 2 saturated carbocycles. The standard InChI is InChI=1S/C28H31F2N3O6.C26H29F2N3O4/c1-36-23-12-18(13-24(39-27(29)30)26(23)22(34)11-17-6-7-17)21-15-31-25-14-20(8-10-33(21)25)38-16-19-5-3-4-9-32(19)28(35)37-2;1-33-22-11-17(12-23(35-26(27)28)25(22)21(32)10-16-5-6-16)20-14-30-24-13-19(7-9-31(20)24)34-15-18-4-2-3-8-29-18/h8,10,12-15,17,19,27H,3-7,9,11,16H2,1-2H3;7,9,11-14,16,18,26,29H,2-6,8,10,15H2,1H3. The van der Waals surface area contributed by atoms with E-state index in [-0.39, 0.29) is 70.2 Å². The number of aromatic nitrogens is 4. The van der Waals surface area contributed by atoms with E-state index in [0.717, 1.165) is 57.9 Å². The fraction of sp³-hybridized carbons (Fsp3) is 0.463. The van der Waals surface area contributed by atoms with Crippen LogP contribution in [0, 0.1) is 11.8 Å². The Morgan fingerprint density at radius 1 is 0.635 bits per heavy atom. The summed E-state index contributed by atoms with van der Waals surface area (Å²) < 4.78 is 94.1. The van der Waals surface area contributed by atoms with Crippen molar-refractivity contribution in [3.05, 3.63) is 84.4 Å². The average Bonchev–Trinajstić information content (AvgIpc) is 4.33. The number of halogens is 4. The minimum atomic E-state index is -3.10. The molecular formula is C54H60F4N6O10. The maximum atomic E-state index is 13.3. The quantitative estimate of drug-likeness (QED) is 0.0568. The molecule has 0 radical (unpaired) electrons. The molecule has 2 atom stereocenters. The second-order valence-corrected chi connectivity index (χ2v) is 19.1. The van der Waals surface area contributed by atoms with Gasteiger partial charge in [-0.1, -0.05) is 6.42 Å². The summed E-state index contributed by atoms with van der Waals surface area (Å²) in [6, 6.07) is 13.7. The number of alkyl halides is 4. The first-order valence-corrected chi connectivity index (χ1v) is 25.1. The van der Waals surface area contributed by atoms with Gasteiger partial charge in [-0.3, -0.25) is 18.4 Å². The lowest BCUT2D eigenvalue weighted by Gasteiger charge is -2.34. The molecular weight excluding hydrogens is 969 g/mol. The van der Waals surface area contributed by atoms with Crippen LogP contribution in [0.3, 0.4) is 0 Å². The van der Waals surface area contributed by atoms with Crippen LogP contribution in [0.4, 0.5) is 22.4 Å². The number of hydrogen-bond donors (Lipinski definition) is 1. The van der Waals surface area contributed by atoms with E-state index in [0.29, 0.717) is 83.4 Å². The fourth-order valence-electron chi connectivity index (χ4n) is 9.62. The predicted octanol–water partition coefficient (Wildman–Crippen LogP) is 10.7. The van der Waals surface area contributed by atoms with Gasteiger partial charge in [-0.15, -0.1) is 0 Å². The molecule has 20 heteroatoms. The Morgan fingerprint density at radius 3 is 1.59 bits per heavy atom. The third kappa shape index (κ3) is 12.5. The smallest absolute Gasteiger partial charge is 0.409 e. The van der Waals surface area contributed by atoms with Crippen LogP contribution >= 0.6 is 0 Å². The minimum Gasteiger partial charge on any atom is -0.496 e. The van der Waals surface area contributed by atoms with Crippen LogP contribution in [-0.4, -0.2) is 114 Å². The van der Waals surface area contributed by atoms with Crippen LogP contribution < -0.4 is 33.7 Å². The maximum Gasteiger partial charge on any atom is 0.409 e. The van der Waals surface area contributed by atoms with Crippen LogP contribution in [0.1, 0.15) is 97.8 Å². The van der Waals surface area contributed by atoms with Gasteiger partial charge in [0.1, 0.15) is 70.1 Å². The van der Waals surface area contributed by atoms with E-state index in [2.05, 4.69) is 15.3 Å². The second-order valence-electron chi connectivity index (χ2n) is 19.1. The lowest BCUT2D eigenvalue weighted by Crippen LogP contribution is -2.46. The normalized spacial score (nSPS) is 17.7. The molecule has 4 aliphatic rings. The van der Waals surface area contributed by atoms with Gasteiger partial charge in [-0.2, -0.15) is 17.6 Å². The SMILES string of the molecule is COC(=O)N1CCCCC1COc1ccn2c(-c3cc(OC)c(C(=O)CC4CC4)c(OC(F)F)c3)cnc2c1.COc1cc(-c2cnc3cc(OCC4CCCCN4)ccn23)cc(OC(F)F)c1C(=O)CC1CC1. The van der Waals surface area contributed by atoms with Crippen molar-refractivity contribution in [1.29, 1.82) is 0 Å². The van der Waals surface area contributed by atoms with E-state index in [9.17, 15) is 31.9 Å². The molecule has 16 nitrogen and oxygen atoms in total.